The molecule has 0 aliphatic carbocycles. The number of aromatic nitrogens is 3. The summed E-state index contributed by atoms with van der Waals surface area (Å²) in [7, 11) is 0. The number of nitrogens with one attached hydrogen (secondary N) is 1. The van der Waals surface area contributed by atoms with Crippen LogP contribution in [0.1, 0.15) is 5.56 Å². The van der Waals surface area contributed by atoms with Crippen LogP contribution < -0.4 is 10.9 Å². The van der Waals surface area contributed by atoms with Crippen LogP contribution in [0.3, 0.4) is 0 Å². The monoisotopic (exact) mass is 278 g/mol. The molecular formula is C16H14N4O. The molecule has 0 saturated carbocycles. The fourth-order valence-corrected chi connectivity index (χ4v) is 2.01. The van der Waals surface area contributed by atoms with Crippen LogP contribution in [0.5, 0.6) is 0 Å². The minimum atomic E-state index is -0.0575. The van der Waals surface area contributed by atoms with Crippen molar-refractivity contribution < 1.29 is 0 Å². The highest BCUT2D eigenvalue weighted by Gasteiger charge is 2.01. The number of nitrogens with zero attached hydrogens (tertiary/aromatic N) is 3. The van der Waals surface area contributed by atoms with Crippen LogP contribution in [-0.4, -0.2) is 14.5 Å². The van der Waals surface area contributed by atoms with Gasteiger partial charge in [-0.1, -0.05) is 30.3 Å². The second-order valence-corrected chi connectivity index (χ2v) is 4.59. The normalized spacial score (nSPS) is 10.3. The molecule has 104 valence electrons. The van der Waals surface area contributed by atoms with E-state index in [2.05, 4.69) is 15.3 Å². The van der Waals surface area contributed by atoms with Gasteiger partial charge in [0.1, 0.15) is 12.1 Å². The third-order valence-corrected chi connectivity index (χ3v) is 3.05. The van der Waals surface area contributed by atoms with Gasteiger partial charge in [-0.15, -0.1) is 0 Å². The zero-order valence-corrected chi connectivity index (χ0v) is 11.3. The Labute approximate surface area is 121 Å². The highest BCUT2D eigenvalue weighted by Crippen LogP contribution is 2.11. The SMILES string of the molecule is O=c1cc(Nc2ccncn2)ccn1Cc1ccccc1. The maximum Gasteiger partial charge on any atom is 0.252 e. The topological polar surface area (TPSA) is 59.8 Å². The first-order chi connectivity index (χ1) is 10.3. The molecule has 0 atom stereocenters. The zero-order chi connectivity index (χ0) is 14.5. The smallest absolute Gasteiger partial charge is 0.252 e. The average molecular weight is 278 g/mol. The minimum absolute atomic E-state index is 0.0575. The van der Waals surface area contributed by atoms with Crippen molar-refractivity contribution >= 4 is 11.5 Å². The quantitative estimate of drug-likeness (QED) is 0.796. The van der Waals surface area contributed by atoms with Crippen molar-refractivity contribution in [3.8, 4) is 0 Å². The molecule has 5 nitrogen and oxygen atoms in total. The maximum atomic E-state index is 12.1. The Kier molecular flexibility index (Phi) is 3.73. The lowest BCUT2D eigenvalue weighted by Crippen LogP contribution is -2.19. The average Bonchev–Trinajstić information content (AvgIpc) is 2.52. The molecule has 1 N–H and O–H groups in total. The van der Waals surface area contributed by atoms with Crippen molar-refractivity contribution in [2.75, 3.05) is 5.32 Å². The van der Waals surface area contributed by atoms with E-state index in [-0.39, 0.29) is 5.56 Å². The molecule has 3 aromatic rings. The summed E-state index contributed by atoms with van der Waals surface area (Å²) in [6, 6.07) is 15.0. The summed E-state index contributed by atoms with van der Waals surface area (Å²) in [6.45, 7) is 0.563. The lowest BCUT2D eigenvalue weighted by molar-refractivity contribution is 0.760. The van der Waals surface area contributed by atoms with E-state index in [1.807, 2.05) is 36.4 Å². The molecule has 21 heavy (non-hydrogen) atoms. The van der Waals surface area contributed by atoms with Crippen molar-refractivity contribution in [1.29, 1.82) is 0 Å². The molecule has 0 fully saturated rings. The highest BCUT2D eigenvalue weighted by atomic mass is 16.1. The second-order valence-electron chi connectivity index (χ2n) is 4.59. The summed E-state index contributed by atoms with van der Waals surface area (Å²) in [4.78, 5) is 20.0. The van der Waals surface area contributed by atoms with Crippen molar-refractivity contribution in [2.45, 2.75) is 6.54 Å². The van der Waals surface area contributed by atoms with Crippen LogP contribution in [0.15, 0.2) is 72.0 Å². The molecule has 1 aromatic carbocycles. The van der Waals surface area contributed by atoms with E-state index in [9.17, 15) is 4.79 Å². The summed E-state index contributed by atoms with van der Waals surface area (Å²) in [5.74, 6) is 0.658. The summed E-state index contributed by atoms with van der Waals surface area (Å²) in [6.07, 6.45) is 4.88. The Morgan fingerprint density at radius 3 is 2.67 bits per heavy atom. The van der Waals surface area contributed by atoms with Crippen LogP contribution in [0, 0.1) is 0 Å². The lowest BCUT2D eigenvalue weighted by atomic mass is 10.2. The van der Waals surface area contributed by atoms with Crippen molar-refractivity contribution in [2.24, 2.45) is 0 Å². The lowest BCUT2D eigenvalue weighted by Gasteiger charge is -2.08. The first-order valence-corrected chi connectivity index (χ1v) is 6.59. The van der Waals surface area contributed by atoms with E-state index in [0.29, 0.717) is 18.1 Å². The molecular weight excluding hydrogens is 264 g/mol. The molecule has 3 rings (SSSR count). The van der Waals surface area contributed by atoms with Gasteiger partial charge in [-0.05, 0) is 17.7 Å². The molecule has 0 aliphatic rings. The molecule has 0 aliphatic heterocycles. The second kappa shape index (κ2) is 6.00. The van der Waals surface area contributed by atoms with E-state index in [4.69, 9.17) is 0 Å². The number of hydrogen-bond acceptors (Lipinski definition) is 4. The number of pyridine rings is 1. The van der Waals surface area contributed by atoms with Gasteiger partial charge in [0.25, 0.3) is 5.56 Å². The number of rotatable bonds is 4. The fourth-order valence-electron chi connectivity index (χ4n) is 2.01. The third kappa shape index (κ3) is 3.33. The largest absolute Gasteiger partial charge is 0.340 e. The maximum absolute atomic E-state index is 12.1. The molecule has 2 heterocycles. The zero-order valence-electron chi connectivity index (χ0n) is 11.3. The number of anilines is 2. The molecule has 0 amide bonds. The Hall–Kier alpha value is -2.95. The van der Waals surface area contributed by atoms with Crippen LogP contribution in [-0.2, 0) is 6.54 Å². The minimum Gasteiger partial charge on any atom is -0.340 e. The number of benzene rings is 1. The molecule has 5 heteroatoms. The van der Waals surface area contributed by atoms with E-state index < -0.39 is 0 Å². The Morgan fingerprint density at radius 2 is 1.95 bits per heavy atom. The number of hydrogen-bond donors (Lipinski definition) is 1. The van der Waals surface area contributed by atoms with E-state index in [0.717, 1.165) is 5.56 Å². The molecule has 0 unspecified atom stereocenters. The third-order valence-electron chi connectivity index (χ3n) is 3.05. The van der Waals surface area contributed by atoms with Crippen molar-refractivity contribution in [3.63, 3.8) is 0 Å². The highest BCUT2D eigenvalue weighted by molar-refractivity contribution is 5.54. The standard InChI is InChI=1S/C16H14N4O/c21-16-10-14(19-15-6-8-17-12-18-15)7-9-20(16)11-13-4-2-1-3-5-13/h1-10,12H,11H2,(H,17,18,19). The van der Waals surface area contributed by atoms with Crippen molar-refractivity contribution in [3.05, 3.63) is 83.2 Å². The summed E-state index contributed by atoms with van der Waals surface area (Å²) < 4.78 is 1.67. The molecule has 0 bridgehead atoms. The van der Waals surface area contributed by atoms with E-state index in [1.165, 1.54) is 6.33 Å². The van der Waals surface area contributed by atoms with Gasteiger partial charge in [0.15, 0.2) is 0 Å². The van der Waals surface area contributed by atoms with E-state index in [1.54, 1.807) is 29.1 Å². The Morgan fingerprint density at radius 1 is 1.10 bits per heavy atom. The van der Waals surface area contributed by atoms with Gasteiger partial charge in [0.05, 0.1) is 6.54 Å². The van der Waals surface area contributed by atoms with Crippen LogP contribution >= 0.6 is 0 Å². The van der Waals surface area contributed by atoms with Gasteiger partial charge >= 0.3 is 0 Å². The summed E-state index contributed by atoms with van der Waals surface area (Å²) in [5.41, 5.74) is 1.75. The van der Waals surface area contributed by atoms with Gasteiger partial charge in [0.2, 0.25) is 0 Å². The van der Waals surface area contributed by atoms with Gasteiger partial charge in [-0.3, -0.25) is 4.79 Å². The van der Waals surface area contributed by atoms with Gasteiger partial charge in [-0.25, -0.2) is 9.97 Å². The molecule has 0 saturated heterocycles. The summed E-state index contributed by atoms with van der Waals surface area (Å²) in [5, 5.41) is 3.07. The fraction of sp³-hybridized carbons (Fsp3) is 0.0625. The van der Waals surface area contributed by atoms with Gasteiger partial charge < -0.3 is 9.88 Å². The van der Waals surface area contributed by atoms with Gasteiger partial charge in [-0.2, -0.15) is 0 Å². The van der Waals surface area contributed by atoms with Gasteiger partial charge in [0, 0.05) is 24.1 Å². The van der Waals surface area contributed by atoms with Crippen LogP contribution in [0.2, 0.25) is 0 Å². The summed E-state index contributed by atoms with van der Waals surface area (Å²) >= 11 is 0. The predicted octanol–water partition coefficient (Wildman–Crippen LogP) is 2.43. The Balaban J connectivity index is 1.79. The first-order valence-electron chi connectivity index (χ1n) is 6.59. The van der Waals surface area contributed by atoms with Crippen molar-refractivity contribution in [1.82, 2.24) is 14.5 Å². The van der Waals surface area contributed by atoms with E-state index >= 15 is 0 Å². The Bertz CT molecular complexity index is 769. The van der Waals surface area contributed by atoms with Crippen LogP contribution in [0.25, 0.3) is 0 Å². The molecule has 2 aromatic heterocycles. The first kappa shape index (κ1) is 13.1. The predicted molar refractivity (Wildman–Crippen MR) is 81.6 cm³/mol. The van der Waals surface area contributed by atoms with Crippen LogP contribution in [0.4, 0.5) is 11.5 Å². The molecule has 0 spiro atoms. The molecule has 0 radical (unpaired) electrons.